The molecule has 2 unspecified atom stereocenters. The molecule has 0 saturated carbocycles. The van der Waals surface area contributed by atoms with Crippen LogP contribution >= 0.6 is 0 Å². The first-order valence-electron chi connectivity index (χ1n) is 7.91. The lowest BCUT2D eigenvalue weighted by molar-refractivity contribution is -0.145. The fourth-order valence-corrected chi connectivity index (χ4v) is 3.53. The first kappa shape index (κ1) is 15.7. The monoisotopic (exact) mass is 283 g/mol. The number of carbonyl (C=O) groups excluding carboxylic acids is 1. The van der Waals surface area contributed by atoms with Gasteiger partial charge in [0.2, 0.25) is 0 Å². The Morgan fingerprint density at radius 1 is 1.40 bits per heavy atom. The summed E-state index contributed by atoms with van der Waals surface area (Å²) in [6, 6.07) is 0.339. The standard InChI is InChI=1S/C15H29N3O2/c1-4-18-8-7-13(11(2)10-18)17(3)15(19)14-6-5-12(9-16)20-14/h11-14H,4-10,16H2,1-3H3/t11?,12-,13?,14+/m1/s1. The second-order valence-corrected chi connectivity index (χ2v) is 6.24. The van der Waals surface area contributed by atoms with Gasteiger partial charge in [0.1, 0.15) is 6.10 Å². The Labute approximate surface area is 122 Å². The summed E-state index contributed by atoms with van der Waals surface area (Å²) in [6.45, 7) is 8.21. The Bertz CT molecular complexity index is 337. The zero-order valence-corrected chi connectivity index (χ0v) is 13.0. The summed E-state index contributed by atoms with van der Waals surface area (Å²) in [5, 5.41) is 0. The predicted molar refractivity (Wildman–Crippen MR) is 79.4 cm³/mol. The quantitative estimate of drug-likeness (QED) is 0.824. The number of carbonyl (C=O) groups is 1. The van der Waals surface area contributed by atoms with Gasteiger partial charge >= 0.3 is 0 Å². The zero-order chi connectivity index (χ0) is 14.7. The molecule has 2 N–H and O–H groups in total. The molecule has 116 valence electrons. The summed E-state index contributed by atoms with van der Waals surface area (Å²) >= 11 is 0. The van der Waals surface area contributed by atoms with Gasteiger partial charge in [0.15, 0.2) is 0 Å². The SMILES string of the molecule is CCN1CCC(N(C)C(=O)[C@@H]2CC[C@H](CN)O2)C(C)C1. The molecule has 2 rings (SSSR count). The number of hydrogen-bond donors (Lipinski definition) is 1. The molecule has 20 heavy (non-hydrogen) atoms. The molecule has 0 bridgehead atoms. The number of piperidine rings is 1. The summed E-state index contributed by atoms with van der Waals surface area (Å²) in [7, 11) is 1.93. The van der Waals surface area contributed by atoms with Crippen LogP contribution in [0.25, 0.3) is 0 Å². The molecule has 1 amide bonds. The van der Waals surface area contributed by atoms with E-state index in [4.69, 9.17) is 10.5 Å². The lowest BCUT2D eigenvalue weighted by Gasteiger charge is -2.41. The highest BCUT2D eigenvalue weighted by atomic mass is 16.5. The van der Waals surface area contributed by atoms with Crippen LogP contribution in [0.3, 0.4) is 0 Å². The molecule has 4 atom stereocenters. The zero-order valence-electron chi connectivity index (χ0n) is 13.0. The first-order valence-corrected chi connectivity index (χ1v) is 7.91. The van der Waals surface area contributed by atoms with Crippen LogP contribution in [0.2, 0.25) is 0 Å². The molecule has 0 aromatic heterocycles. The van der Waals surface area contributed by atoms with Gasteiger partial charge in [-0.2, -0.15) is 0 Å². The van der Waals surface area contributed by atoms with Crippen molar-refractivity contribution in [1.82, 2.24) is 9.80 Å². The van der Waals surface area contributed by atoms with Crippen molar-refractivity contribution in [2.75, 3.05) is 33.2 Å². The second-order valence-electron chi connectivity index (χ2n) is 6.24. The topological polar surface area (TPSA) is 58.8 Å². The maximum atomic E-state index is 12.5. The number of likely N-dealkylation sites (N-methyl/N-ethyl adjacent to an activating group) is 1. The highest BCUT2D eigenvalue weighted by molar-refractivity contribution is 5.81. The Morgan fingerprint density at radius 2 is 2.15 bits per heavy atom. The van der Waals surface area contributed by atoms with Crippen LogP contribution in [0.5, 0.6) is 0 Å². The maximum Gasteiger partial charge on any atom is 0.251 e. The number of nitrogens with zero attached hydrogens (tertiary/aromatic N) is 2. The van der Waals surface area contributed by atoms with Crippen molar-refractivity contribution in [2.45, 2.75) is 51.4 Å². The average molecular weight is 283 g/mol. The third kappa shape index (κ3) is 3.32. The lowest BCUT2D eigenvalue weighted by Crippen LogP contribution is -2.52. The first-order chi connectivity index (χ1) is 9.56. The van der Waals surface area contributed by atoms with Gasteiger partial charge in [-0.15, -0.1) is 0 Å². The van der Waals surface area contributed by atoms with Gasteiger partial charge in [-0.1, -0.05) is 13.8 Å². The Balaban J connectivity index is 1.90. The third-order valence-electron chi connectivity index (χ3n) is 4.88. The van der Waals surface area contributed by atoms with Crippen molar-refractivity contribution in [3.8, 4) is 0 Å². The van der Waals surface area contributed by atoms with E-state index >= 15 is 0 Å². The summed E-state index contributed by atoms with van der Waals surface area (Å²) in [6.07, 6.45) is 2.57. The maximum absolute atomic E-state index is 12.5. The van der Waals surface area contributed by atoms with Crippen LogP contribution in [-0.4, -0.2) is 67.2 Å². The van der Waals surface area contributed by atoms with Crippen molar-refractivity contribution in [1.29, 1.82) is 0 Å². The summed E-state index contributed by atoms with van der Waals surface area (Å²) in [4.78, 5) is 16.9. The second kappa shape index (κ2) is 6.87. The molecule has 2 aliphatic heterocycles. The predicted octanol–water partition coefficient (Wildman–Crippen LogP) is 0.681. The number of ether oxygens (including phenoxy) is 1. The molecular formula is C15H29N3O2. The van der Waals surface area contributed by atoms with E-state index in [0.717, 1.165) is 38.9 Å². The normalized spacial score (nSPS) is 35.2. The smallest absolute Gasteiger partial charge is 0.251 e. The third-order valence-corrected chi connectivity index (χ3v) is 4.88. The van der Waals surface area contributed by atoms with Crippen LogP contribution in [0.1, 0.15) is 33.1 Å². The minimum Gasteiger partial charge on any atom is -0.364 e. The van der Waals surface area contributed by atoms with Crippen molar-refractivity contribution in [3.63, 3.8) is 0 Å². The molecule has 2 heterocycles. The molecule has 2 fully saturated rings. The highest BCUT2D eigenvalue weighted by Crippen LogP contribution is 2.25. The van der Waals surface area contributed by atoms with Crippen molar-refractivity contribution in [3.05, 3.63) is 0 Å². The van der Waals surface area contributed by atoms with Crippen molar-refractivity contribution < 1.29 is 9.53 Å². The molecule has 5 heteroatoms. The largest absolute Gasteiger partial charge is 0.364 e. The molecule has 5 nitrogen and oxygen atoms in total. The molecular weight excluding hydrogens is 254 g/mol. The average Bonchev–Trinajstić information content (AvgIpc) is 2.94. The van der Waals surface area contributed by atoms with E-state index < -0.39 is 0 Å². The van der Waals surface area contributed by atoms with Crippen molar-refractivity contribution >= 4 is 5.91 Å². The van der Waals surface area contributed by atoms with Crippen LogP contribution in [0, 0.1) is 5.92 Å². The Morgan fingerprint density at radius 3 is 2.70 bits per heavy atom. The van der Waals surface area contributed by atoms with Gasteiger partial charge in [-0.05, 0) is 31.7 Å². The molecule has 0 spiro atoms. The minimum atomic E-state index is -0.273. The van der Waals surface area contributed by atoms with Crippen LogP contribution in [0.15, 0.2) is 0 Å². The number of nitrogens with two attached hydrogens (primary N) is 1. The molecule has 2 saturated heterocycles. The van der Waals surface area contributed by atoms with Crippen LogP contribution in [-0.2, 0) is 9.53 Å². The number of hydrogen-bond acceptors (Lipinski definition) is 4. The fourth-order valence-electron chi connectivity index (χ4n) is 3.53. The minimum absolute atomic E-state index is 0.0664. The van der Waals surface area contributed by atoms with E-state index in [0.29, 0.717) is 18.5 Å². The van der Waals surface area contributed by atoms with Gasteiger partial charge in [-0.25, -0.2) is 0 Å². The Hall–Kier alpha value is -0.650. The fraction of sp³-hybridized carbons (Fsp3) is 0.933. The van der Waals surface area contributed by atoms with E-state index in [9.17, 15) is 4.79 Å². The van der Waals surface area contributed by atoms with Crippen LogP contribution < -0.4 is 5.73 Å². The molecule has 0 aromatic rings. The number of amides is 1. The van der Waals surface area contributed by atoms with Gasteiger partial charge in [0.25, 0.3) is 5.91 Å². The molecule has 0 aliphatic carbocycles. The van der Waals surface area contributed by atoms with Gasteiger partial charge in [-0.3, -0.25) is 4.79 Å². The molecule has 0 aromatic carbocycles. The highest BCUT2D eigenvalue weighted by Gasteiger charge is 2.36. The van der Waals surface area contributed by atoms with Crippen LogP contribution in [0.4, 0.5) is 0 Å². The number of rotatable bonds is 4. The lowest BCUT2D eigenvalue weighted by atomic mass is 9.92. The van der Waals surface area contributed by atoms with E-state index in [2.05, 4.69) is 18.7 Å². The molecule has 2 aliphatic rings. The Kier molecular flexibility index (Phi) is 5.41. The van der Waals surface area contributed by atoms with Gasteiger partial charge < -0.3 is 20.3 Å². The van der Waals surface area contributed by atoms with E-state index in [1.54, 1.807) is 0 Å². The van der Waals surface area contributed by atoms with E-state index in [-0.39, 0.29) is 18.1 Å². The summed E-state index contributed by atoms with van der Waals surface area (Å²) in [5.74, 6) is 0.659. The van der Waals surface area contributed by atoms with E-state index in [1.165, 1.54) is 0 Å². The van der Waals surface area contributed by atoms with Gasteiger partial charge in [0.05, 0.1) is 6.10 Å². The summed E-state index contributed by atoms with van der Waals surface area (Å²) in [5.41, 5.74) is 5.61. The summed E-state index contributed by atoms with van der Waals surface area (Å²) < 4.78 is 5.74. The number of likely N-dealkylation sites (tertiary alicyclic amines) is 1. The van der Waals surface area contributed by atoms with Crippen molar-refractivity contribution in [2.24, 2.45) is 11.7 Å². The van der Waals surface area contributed by atoms with E-state index in [1.807, 2.05) is 11.9 Å². The molecule has 0 radical (unpaired) electrons. The van der Waals surface area contributed by atoms with Gasteiger partial charge in [0, 0.05) is 32.7 Å².